The van der Waals surface area contributed by atoms with Gasteiger partial charge in [0.1, 0.15) is 5.51 Å². The molecule has 1 aliphatic rings. The van der Waals surface area contributed by atoms with E-state index in [1.807, 2.05) is 5.38 Å². The summed E-state index contributed by atoms with van der Waals surface area (Å²) in [5.74, 6) is -0.0545. The summed E-state index contributed by atoms with van der Waals surface area (Å²) in [5.41, 5.74) is 3.67. The molecule has 17 heavy (non-hydrogen) atoms. The Hall–Kier alpha value is -1.27. The number of fused-ring (bicyclic) bond motifs is 1. The van der Waals surface area contributed by atoms with Gasteiger partial charge in [-0.15, -0.1) is 21.5 Å². The molecule has 0 aromatic carbocycles. The van der Waals surface area contributed by atoms with Crippen LogP contribution in [0.5, 0.6) is 0 Å². The van der Waals surface area contributed by atoms with Crippen molar-refractivity contribution in [1.82, 2.24) is 10.2 Å². The number of aromatic nitrogens is 2. The predicted molar refractivity (Wildman–Crippen MR) is 68.8 cm³/mol. The summed E-state index contributed by atoms with van der Waals surface area (Å²) in [7, 11) is 0. The molecule has 6 heteroatoms. The van der Waals surface area contributed by atoms with Crippen LogP contribution in [0.1, 0.15) is 33.6 Å². The normalized spacial score (nSPS) is 14.4. The number of anilines is 1. The number of rotatable bonds is 2. The number of aryl methyl sites for hydroxylation is 1. The van der Waals surface area contributed by atoms with Gasteiger partial charge in [0.25, 0.3) is 5.91 Å². The van der Waals surface area contributed by atoms with E-state index in [0.29, 0.717) is 5.13 Å². The number of carbonyl (C=O) groups excluding carboxylic acids is 1. The summed E-state index contributed by atoms with van der Waals surface area (Å²) < 4.78 is 0. The lowest BCUT2D eigenvalue weighted by Gasteiger charge is -2.12. The largest absolute Gasteiger partial charge is 0.296 e. The average molecular weight is 265 g/mol. The van der Waals surface area contributed by atoms with Gasteiger partial charge >= 0.3 is 0 Å². The second kappa shape index (κ2) is 4.54. The first-order chi connectivity index (χ1) is 8.34. The van der Waals surface area contributed by atoms with Gasteiger partial charge < -0.3 is 0 Å². The number of hydrogen-bond donors (Lipinski definition) is 1. The number of nitrogens with one attached hydrogen (secondary N) is 1. The summed E-state index contributed by atoms with van der Waals surface area (Å²) in [6, 6.07) is 0. The van der Waals surface area contributed by atoms with Crippen LogP contribution in [-0.2, 0) is 12.8 Å². The van der Waals surface area contributed by atoms with Gasteiger partial charge in [-0.05, 0) is 31.2 Å². The molecule has 3 rings (SSSR count). The van der Waals surface area contributed by atoms with Crippen molar-refractivity contribution < 1.29 is 4.79 Å². The standard InChI is InChI=1S/C11H11N3OS2/c15-10(13-11-14-12-6-17-11)8-5-16-9-4-2-1-3-7(8)9/h5-6H,1-4H2,(H,13,14,15). The summed E-state index contributed by atoms with van der Waals surface area (Å²) in [6.07, 6.45) is 4.57. The van der Waals surface area contributed by atoms with Crippen molar-refractivity contribution >= 4 is 33.7 Å². The Morgan fingerprint density at radius 1 is 1.29 bits per heavy atom. The van der Waals surface area contributed by atoms with Crippen molar-refractivity contribution in [2.45, 2.75) is 25.7 Å². The highest BCUT2D eigenvalue weighted by atomic mass is 32.1. The molecule has 1 aliphatic carbocycles. The minimum absolute atomic E-state index is 0.0545. The molecule has 4 nitrogen and oxygen atoms in total. The number of nitrogens with zero attached hydrogens (tertiary/aromatic N) is 2. The zero-order valence-corrected chi connectivity index (χ0v) is 10.7. The van der Waals surface area contributed by atoms with Crippen LogP contribution in [0, 0.1) is 0 Å². The molecule has 0 fully saturated rings. The Kier molecular flexibility index (Phi) is 2.90. The van der Waals surface area contributed by atoms with Crippen molar-refractivity contribution in [3.63, 3.8) is 0 Å². The molecule has 0 radical (unpaired) electrons. The van der Waals surface area contributed by atoms with E-state index in [2.05, 4.69) is 15.5 Å². The third-order valence-electron chi connectivity index (χ3n) is 2.89. The molecular formula is C11H11N3OS2. The maximum atomic E-state index is 12.1. The van der Waals surface area contributed by atoms with Crippen LogP contribution in [0.15, 0.2) is 10.9 Å². The molecule has 0 atom stereocenters. The van der Waals surface area contributed by atoms with Crippen LogP contribution in [-0.4, -0.2) is 16.1 Å². The first-order valence-electron chi connectivity index (χ1n) is 5.51. The van der Waals surface area contributed by atoms with Crippen molar-refractivity contribution in [3.8, 4) is 0 Å². The molecule has 0 bridgehead atoms. The lowest BCUT2D eigenvalue weighted by atomic mass is 9.96. The second-order valence-electron chi connectivity index (χ2n) is 3.96. The van der Waals surface area contributed by atoms with E-state index in [-0.39, 0.29) is 5.91 Å². The molecule has 2 heterocycles. The molecule has 0 spiro atoms. The first kappa shape index (κ1) is 10.9. The Morgan fingerprint density at radius 2 is 2.18 bits per heavy atom. The number of amides is 1. The van der Waals surface area contributed by atoms with Gasteiger partial charge in [-0.3, -0.25) is 10.1 Å². The van der Waals surface area contributed by atoms with Crippen molar-refractivity contribution in [1.29, 1.82) is 0 Å². The van der Waals surface area contributed by atoms with Crippen molar-refractivity contribution in [2.75, 3.05) is 5.32 Å². The molecule has 0 aliphatic heterocycles. The maximum Gasteiger partial charge on any atom is 0.258 e. The summed E-state index contributed by atoms with van der Waals surface area (Å²) in [6.45, 7) is 0. The minimum Gasteiger partial charge on any atom is -0.296 e. The fraction of sp³-hybridized carbons (Fsp3) is 0.364. The summed E-state index contributed by atoms with van der Waals surface area (Å²) in [4.78, 5) is 13.5. The third kappa shape index (κ3) is 2.10. The van der Waals surface area contributed by atoms with Gasteiger partial charge in [-0.1, -0.05) is 11.3 Å². The topological polar surface area (TPSA) is 54.9 Å². The molecule has 0 saturated heterocycles. The van der Waals surface area contributed by atoms with Gasteiger partial charge in [0, 0.05) is 10.3 Å². The van der Waals surface area contributed by atoms with E-state index in [1.54, 1.807) is 16.8 Å². The highest BCUT2D eigenvalue weighted by Gasteiger charge is 2.20. The van der Waals surface area contributed by atoms with Crippen LogP contribution < -0.4 is 5.32 Å². The molecule has 1 N–H and O–H groups in total. The fourth-order valence-corrected chi connectivity index (χ4v) is 3.64. The fourth-order valence-electron chi connectivity index (χ4n) is 2.08. The molecule has 88 valence electrons. The van der Waals surface area contributed by atoms with Crippen molar-refractivity contribution in [3.05, 3.63) is 26.9 Å². The van der Waals surface area contributed by atoms with Crippen LogP contribution >= 0.6 is 22.7 Å². The second-order valence-corrected chi connectivity index (χ2v) is 5.75. The van der Waals surface area contributed by atoms with Crippen LogP contribution in [0.2, 0.25) is 0 Å². The number of thiophene rings is 1. The van der Waals surface area contributed by atoms with E-state index in [4.69, 9.17) is 0 Å². The van der Waals surface area contributed by atoms with Crippen molar-refractivity contribution in [2.24, 2.45) is 0 Å². The smallest absolute Gasteiger partial charge is 0.258 e. The lowest BCUT2D eigenvalue weighted by Crippen LogP contribution is -2.14. The Bertz CT molecular complexity index is 533. The first-order valence-corrected chi connectivity index (χ1v) is 7.27. The van der Waals surface area contributed by atoms with E-state index < -0.39 is 0 Å². The van der Waals surface area contributed by atoms with E-state index in [9.17, 15) is 4.79 Å². The zero-order chi connectivity index (χ0) is 11.7. The zero-order valence-electron chi connectivity index (χ0n) is 9.10. The maximum absolute atomic E-state index is 12.1. The predicted octanol–water partition coefficient (Wildman–Crippen LogP) is 2.73. The number of hydrogen-bond acceptors (Lipinski definition) is 5. The Labute approximate surface area is 107 Å². The molecule has 2 aromatic heterocycles. The summed E-state index contributed by atoms with van der Waals surface area (Å²) in [5, 5.41) is 12.8. The molecule has 1 amide bonds. The monoisotopic (exact) mass is 265 g/mol. The number of carbonyl (C=O) groups is 1. The molecule has 0 saturated carbocycles. The minimum atomic E-state index is -0.0545. The third-order valence-corrected chi connectivity index (χ3v) is 4.58. The molecular weight excluding hydrogens is 254 g/mol. The lowest BCUT2D eigenvalue weighted by molar-refractivity contribution is 0.102. The van der Waals surface area contributed by atoms with Crippen LogP contribution in [0.4, 0.5) is 5.13 Å². The quantitative estimate of drug-likeness (QED) is 0.908. The van der Waals surface area contributed by atoms with Gasteiger partial charge in [0.2, 0.25) is 5.13 Å². The van der Waals surface area contributed by atoms with Crippen LogP contribution in [0.3, 0.4) is 0 Å². The van der Waals surface area contributed by atoms with Gasteiger partial charge in [0.05, 0.1) is 5.56 Å². The van der Waals surface area contributed by atoms with E-state index in [0.717, 1.165) is 18.4 Å². The van der Waals surface area contributed by atoms with Crippen LogP contribution in [0.25, 0.3) is 0 Å². The van der Waals surface area contributed by atoms with Gasteiger partial charge in [0.15, 0.2) is 0 Å². The Morgan fingerprint density at radius 3 is 3.00 bits per heavy atom. The van der Waals surface area contributed by atoms with Gasteiger partial charge in [-0.2, -0.15) is 0 Å². The summed E-state index contributed by atoms with van der Waals surface area (Å²) >= 11 is 3.03. The molecule has 0 unspecified atom stereocenters. The van der Waals surface area contributed by atoms with E-state index in [1.165, 1.54) is 34.6 Å². The van der Waals surface area contributed by atoms with Gasteiger partial charge in [-0.25, -0.2) is 0 Å². The highest BCUT2D eigenvalue weighted by Crippen LogP contribution is 2.30. The Balaban J connectivity index is 1.84. The SMILES string of the molecule is O=C(Nc1nncs1)c1csc2c1CCCC2. The molecule has 2 aromatic rings. The van der Waals surface area contributed by atoms with E-state index >= 15 is 0 Å². The highest BCUT2D eigenvalue weighted by molar-refractivity contribution is 7.13. The average Bonchev–Trinajstić information content (AvgIpc) is 2.96.